The minimum Gasteiger partial charge on any atom is -0.497 e. The zero-order valence-electron chi connectivity index (χ0n) is 19.2. The van der Waals surface area contributed by atoms with E-state index in [9.17, 15) is 17.6 Å². The molecule has 1 saturated heterocycles. The summed E-state index contributed by atoms with van der Waals surface area (Å²) in [6.45, 7) is 4.51. The van der Waals surface area contributed by atoms with Crippen LogP contribution < -0.4 is 10.1 Å². The van der Waals surface area contributed by atoms with Gasteiger partial charge in [0.2, 0.25) is 10.0 Å². The van der Waals surface area contributed by atoms with Gasteiger partial charge in [0.05, 0.1) is 25.9 Å². The molecule has 34 heavy (non-hydrogen) atoms. The molecule has 0 radical (unpaired) electrons. The lowest BCUT2D eigenvalue weighted by molar-refractivity contribution is 0.0729. The van der Waals surface area contributed by atoms with Crippen molar-refractivity contribution in [3.05, 3.63) is 71.3 Å². The van der Waals surface area contributed by atoms with Gasteiger partial charge in [-0.15, -0.1) is 0 Å². The van der Waals surface area contributed by atoms with Gasteiger partial charge in [-0.1, -0.05) is 0 Å². The summed E-state index contributed by atoms with van der Waals surface area (Å²) in [5.41, 5.74) is 3.05. The molecule has 10 heteroatoms. The lowest BCUT2D eigenvalue weighted by atomic mass is 10.2. The first kappa shape index (κ1) is 23.9. The first-order chi connectivity index (χ1) is 16.2. The topological polar surface area (TPSA) is 89.9 Å². The van der Waals surface area contributed by atoms with Gasteiger partial charge in [0.1, 0.15) is 16.5 Å². The summed E-state index contributed by atoms with van der Waals surface area (Å²) >= 11 is 0. The number of hydrogen-bond acceptors (Lipinski definition) is 5. The second kappa shape index (κ2) is 9.57. The van der Waals surface area contributed by atoms with Crippen LogP contribution in [0.25, 0.3) is 5.69 Å². The molecule has 2 aromatic carbocycles. The first-order valence-corrected chi connectivity index (χ1v) is 12.2. The number of aryl methyl sites for hydroxylation is 1. The van der Waals surface area contributed by atoms with Crippen molar-refractivity contribution in [2.24, 2.45) is 0 Å². The van der Waals surface area contributed by atoms with Gasteiger partial charge < -0.3 is 19.4 Å². The second-order valence-corrected chi connectivity index (χ2v) is 9.84. The Labute approximate surface area is 198 Å². The number of carbonyl (C=O) groups excluding carboxylic acids is 1. The largest absolute Gasteiger partial charge is 0.497 e. The SMILES string of the molecule is COc1ccc(-n2c(C)cc(C(=O)Nc3ccc(F)c(S(=O)(=O)N4CCOCC4)c3)c2C)cc1. The third-order valence-electron chi connectivity index (χ3n) is 5.78. The molecular formula is C24H26FN3O5S. The van der Waals surface area contributed by atoms with Crippen LogP contribution in [0.5, 0.6) is 5.75 Å². The summed E-state index contributed by atoms with van der Waals surface area (Å²) in [6.07, 6.45) is 0. The van der Waals surface area contributed by atoms with E-state index in [0.717, 1.165) is 29.3 Å². The van der Waals surface area contributed by atoms with E-state index in [4.69, 9.17) is 9.47 Å². The van der Waals surface area contributed by atoms with E-state index in [2.05, 4.69) is 5.32 Å². The Balaban J connectivity index is 1.60. The molecule has 0 saturated carbocycles. The minimum atomic E-state index is -4.06. The van der Waals surface area contributed by atoms with E-state index in [-0.39, 0.29) is 32.0 Å². The number of nitrogens with one attached hydrogen (secondary N) is 1. The number of halogens is 1. The highest BCUT2D eigenvalue weighted by Crippen LogP contribution is 2.26. The number of methoxy groups -OCH3 is 1. The molecule has 180 valence electrons. The highest BCUT2D eigenvalue weighted by Gasteiger charge is 2.29. The lowest BCUT2D eigenvalue weighted by Crippen LogP contribution is -2.40. The molecule has 1 N–H and O–H groups in total. The Bertz CT molecular complexity index is 1310. The van der Waals surface area contributed by atoms with Crippen LogP contribution in [0.1, 0.15) is 21.7 Å². The van der Waals surface area contributed by atoms with Crippen molar-refractivity contribution >= 4 is 21.6 Å². The second-order valence-electron chi connectivity index (χ2n) is 7.93. The molecule has 0 aliphatic carbocycles. The number of carbonyl (C=O) groups is 1. The van der Waals surface area contributed by atoms with Crippen LogP contribution in [0.2, 0.25) is 0 Å². The van der Waals surface area contributed by atoms with Crippen molar-refractivity contribution < 1.29 is 27.1 Å². The molecule has 1 aromatic heterocycles. The van der Waals surface area contributed by atoms with E-state index in [1.54, 1.807) is 13.2 Å². The van der Waals surface area contributed by atoms with Gasteiger partial charge in [0.15, 0.2) is 0 Å². The number of hydrogen-bond donors (Lipinski definition) is 1. The van der Waals surface area contributed by atoms with Crippen LogP contribution in [0.4, 0.5) is 10.1 Å². The monoisotopic (exact) mass is 487 g/mol. The zero-order chi connectivity index (χ0) is 24.5. The van der Waals surface area contributed by atoms with Gasteiger partial charge in [0.25, 0.3) is 5.91 Å². The number of sulfonamides is 1. The summed E-state index contributed by atoms with van der Waals surface area (Å²) in [6, 6.07) is 12.8. The quantitative estimate of drug-likeness (QED) is 0.575. The standard InChI is InChI=1S/C24H26FN3O5S/c1-16-14-21(17(2)28(16)19-5-7-20(32-3)8-6-19)24(29)26-18-4-9-22(25)23(15-18)34(30,31)27-10-12-33-13-11-27/h4-9,14-15H,10-13H2,1-3H3,(H,26,29). The summed E-state index contributed by atoms with van der Waals surface area (Å²) in [5, 5.41) is 2.71. The molecule has 0 atom stereocenters. The normalized spacial score (nSPS) is 14.7. The van der Waals surface area contributed by atoms with Crippen molar-refractivity contribution in [2.45, 2.75) is 18.7 Å². The molecule has 8 nitrogen and oxygen atoms in total. The molecular weight excluding hydrogens is 461 g/mol. The van der Waals surface area contributed by atoms with Gasteiger partial charge >= 0.3 is 0 Å². The van der Waals surface area contributed by atoms with Crippen molar-refractivity contribution in [1.82, 2.24) is 8.87 Å². The van der Waals surface area contributed by atoms with Gasteiger partial charge in [-0.05, 0) is 62.4 Å². The molecule has 0 spiro atoms. The van der Waals surface area contributed by atoms with E-state index >= 15 is 0 Å². The van der Waals surface area contributed by atoms with Crippen molar-refractivity contribution in [3.63, 3.8) is 0 Å². The molecule has 1 aliphatic heterocycles. The molecule has 0 unspecified atom stereocenters. The van der Waals surface area contributed by atoms with Crippen LogP contribution in [-0.2, 0) is 14.8 Å². The number of aromatic nitrogens is 1. The summed E-state index contributed by atoms with van der Waals surface area (Å²) in [4.78, 5) is 12.6. The van der Waals surface area contributed by atoms with Gasteiger partial charge in [0, 0.05) is 35.9 Å². The number of benzene rings is 2. The van der Waals surface area contributed by atoms with Crippen LogP contribution >= 0.6 is 0 Å². The average Bonchev–Trinajstić information content (AvgIpc) is 3.14. The Morgan fingerprint density at radius 2 is 1.74 bits per heavy atom. The van der Waals surface area contributed by atoms with Crippen LogP contribution in [-0.4, -0.2) is 56.6 Å². The number of rotatable bonds is 6. The maximum Gasteiger partial charge on any atom is 0.257 e. The number of amides is 1. The van der Waals surface area contributed by atoms with E-state index in [0.29, 0.717) is 11.3 Å². The minimum absolute atomic E-state index is 0.149. The number of morpholine rings is 1. The zero-order valence-corrected chi connectivity index (χ0v) is 20.0. The number of ether oxygens (including phenoxy) is 2. The fourth-order valence-corrected chi connectivity index (χ4v) is 5.52. The average molecular weight is 488 g/mol. The fourth-order valence-electron chi connectivity index (χ4n) is 4.02. The third-order valence-corrected chi connectivity index (χ3v) is 7.70. The Morgan fingerprint density at radius 3 is 2.38 bits per heavy atom. The molecule has 3 aromatic rings. The number of nitrogens with zero attached hydrogens (tertiary/aromatic N) is 2. The summed E-state index contributed by atoms with van der Waals surface area (Å²) in [5.74, 6) is -0.570. The molecule has 1 amide bonds. The van der Waals surface area contributed by atoms with Crippen LogP contribution in [0.3, 0.4) is 0 Å². The highest BCUT2D eigenvalue weighted by atomic mass is 32.2. The van der Waals surface area contributed by atoms with Crippen molar-refractivity contribution in [2.75, 3.05) is 38.7 Å². The van der Waals surface area contributed by atoms with E-state index in [1.807, 2.05) is 42.7 Å². The summed E-state index contributed by atoms with van der Waals surface area (Å²) < 4.78 is 53.8. The van der Waals surface area contributed by atoms with Gasteiger partial charge in [-0.25, -0.2) is 12.8 Å². The van der Waals surface area contributed by atoms with Gasteiger partial charge in [-0.3, -0.25) is 4.79 Å². The molecule has 4 rings (SSSR count). The van der Waals surface area contributed by atoms with Crippen LogP contribution in [0.15, 0.2) is 53.4 Å². The Morgan fingerprint density at radius 1 is 1.06 bits per heavy atom. The van der Waals surface area contributed by atoms with Crippen LogP contribution in [0, 0.1) is 19.7 Å². The first-order valence-electron chi connectivity index (χ1n) is 10.7. The molecule has 2 heterocycles. The fraction of sp³-hybridized carbons (Fsp3) is 0.292. The van der Waals surface area contributed by atoms with Gasteiger partial charge in [-0.2, -0.15) is 4.31 Å². The third kappa shape index (κ3) is 4.56. The molecule has 1 aliphatic rings. The van der Waals surface area contributed by atoms with E-state index < -0.39 is 26.6 Å². The van der Waals surface area contributed by atoms with Crippen molar-refractivity contribution in [3.8, 4) is 11.4 Å². The summed E-state index contributed by atoms with van der Waals surface area (Å²) in [7, 11) is -2.46. The van der Waals surface area contributed by atoms with Crippen molar-refractivity contribution in [1.29, 1.82) is 0 Å². The highest BCUT2D eigenvalue weighted by molar-refractivity contribution is 7.89. The predicted molar refractivity (Wildman–Crippen MR) is 126 cm³/mol. The Hall–Kier alpha value is -3.21. The maximum absolute atomic E-state index is 14.5. The smallest absolute Gasteiger partial charge is 0.257 e. The number of anilines is 1. The Kier molecular flexibility index (Phi) is 6.74. The molecule has 0 bridgehead atoms. The lowest BCUT2D eigenvalue weighted by Gasteiger charge is -2.26. The maximum atomic E-state index is 14.5. The predicted octanol–water partition coefficient (Wildman–Crippen LogP) is 3.52. The molecule has 1 fully saturated rings. The van der Waals surface area contributed by atoms with E-state index in [1.165, 1.54) is 10.4 Å².